The van der Waals surface area contributed by atoms with Gasteiger partial charge in [-0.3, -0.25) is 0 Å². The van der Waals surface area contributed by atoms with Gasteiger partial charge in [0.15, 0.2) is 0 Å². The monoisotopic (exact) mass is 345 g/mol. The van der Waals surface area contributed by atoms with E-state index in [1.807, 2.05) is 68.4 Å². The Labute approximate surface area is 151 Å². The maximum atomic E-state index is 10.9. The molecule has 1 atom stereocenters. The average Bonchev–Trinajstić information content (AvgIpc) is 3.15. The summed E-state index contributed by atoms with van der Waals surface area (Å²) in [5.74, 6) is 1.55. The number of aromatic nitrogens is 2. The Balaban J connectivity index is 1.84. The van der Waals surface area contributed by atoms with Crippen LogP contribution in [0, 0.1) is 13.8 Å². The summed E-state index contributed by atoms with van der Waals surface area (Å²) in [6, 6.07) is 16.8. The molecule has 26 heavy (non-hydrogen) atoms. The Bertz CT molecular complexity index is 1060. The normalized spacial score (nSPS) is 12.2. The van der Waals surface area contributed by atoms with Gasteiger partial charge in [0, 0.05) is 22.3 Å². The number of nitrogens with one attached hydrogen (secondary N) is 1. The van der Waals surface area contributed by atoms with Crippen LogP contribution >= 0.6 is 0 Å². The van der Waals surface area contributed by atoms with Crippen LogP contribution in [-0.2, 0) is 0 Å². The van der Waals surface area contributed by atoms with Crippen LogP contribution in [0.2, 0.25) is 0 Å². The molecule has 0 fully saturated rings. The molecule has 0 bridgehead atoms. The minimum absolute atomic E-state index is 0.146. The number of anilines is 1. The predicted octanol–water partition coefficient (Wildman–Crippen LogP) is 4.75. The number of nitrogens with zero attached hydrogens (tertiary/aromatic N) is 2. The van der Waals surface area contributed by atoms with Crippen LogP contribution in [0.25, 0.3) is 10.9 Å². The van der Waals surface area contributed by atoms with Gasteiger partial charge in [-0.05, 0) is 44.2 Å². The summed E-state index contributed by atoms with van der Waals surface area (Å²) in [5.41, 5.74) is 3.04. The molecule has 0 spiro atoms. The number of benzene rings is 1. The smallest absolute Gasteiger partial charge is 0.147 e. The fourth-order valence-corrected chi connectivity index (χ4v) is 3.05. The number of pyridine rings is 2. The summed E-state index contributed by atoms with van der Waals surface area (Å²) < 4.78 is 5.62. The van der Waals surface area contributed by atoms with E-state index in [-0.39, 0.29) is 11.8 Å². The lowest BCUT2D eigenvalue weighted by Gasteiger charge is -2.20. The lowest BCUT2D eigenvalue weighted by atomic mass is 10.0. The Morgan fingerprint density at radius 2 is 1.73 bits per heavy atom. The zero-order chi connectivity index (χ0) is 18.1. The molecule has 3 aromatic heterocycles. The van der Waals surface area contributed by atoms with Crippen molar-refractivity contribution in [2.45, 2.75) is 19.9 Å². The highest BCUT2D eigenvalue weighted by Crippen LogP contribution is 2.36. The summed E-state index contributed by atoms with van der Waals surface area (Å²) in [7, 11) is 0. The molecule has 4 aromatic rings. The third-order valence-electron chi connectivity index (χ3n) is 4.33. The molecule has 0 amide bonds. The van der Waals surface area contributed by atoms with E-state index in [2.05, 4.69) is 15.3 Å². The quantitative estimate of drug-likeness (QED) is 0.559. The first kappa shape index (κ1) is 16.1. The van der Waals surface area contributed by atoms with Gasteiger partial charge in [-0.2, -0.15) is 0 Å². The predicted molar refractivity (Wildman–Crippen MR) is 101 cm³/mol. The average molecular weight is 345 g/mol. The van der Waals surface area contributed by atoms with Crippen molar-refractivity contribution in [2.75, 3.05) is 5.32 Å². The van der Waals surface area contributed by atoms with Crippen molar-refractivity contribution in [3.8, 4) is 5.75 Å². The third kappa shape index (κ3) is 2.99. The number of phenols is 1. The summed E-state index contributed by atoms with van der Waals surface area (Å²) in [6.45, 7) is 3.84. The highest BCUT2D eigenvalue weighted by atomic mass is 16.3. The summed E-state index contributed by atoms with van der Waals surface area (Å²) in [6.07, 6.45) is 1.62. The van der Waals surface area contributed by atoms with Crippen molar-refractivity contribution in [3.63, 3.8) is 0 Å². The van der Waals surface area contributed by atoms with E-state index in [4.69, 9.17) is 4.42 Å². The molecule has 5 nitrogen and oxygen atoms in total. The van der Waals surface area contributed by atoms with Crippen molar-refractivity contribution in [2.24, 2.45) is 0 Å². The molecule has 2 N–H and O–H groups in total. The van der Waals surface area contributed by atoms with Gasteiger partial charge in [-0.15, -0.1) is 0 Å². The second kappa shape index (κ2) is 6.52. The minimum atomic E-state index is -0.383. The first-order chi connectivity index (χ1) is 12.6. The van der Waals surface area contributed by atoms with Crippen molar-refractivity contribution in [1.82, 2.24) is 9.97 Å². The van der Waals surface area contributed by atoms with Gasteiger partial charge in [0.1, 0.15) is 28.9 Å². The topological polar surface area (TPSA) is 71.2 Å². The van der Waals surface area contributed by atoms with Gasteiger partial charge in [0.2, 0.25) is 0 Å². The molecule has 4 rings (SSSR count). The second-order valence-corrected chi connectivity index (χ2v) is 6.28. The summed E-state index contributed by atoms with van der Waals surface area (Å²) in [5, 5.41) is 15.2. The number of aromatic hydroxyl groups is 1. The summed E-state index contributed by atoms with van der Waals surface area (Å²) >= 11 is 0. The Morgan fingerprint density at radius 1 is 0.923 bits per heavy atom. The molecule has 3 heterocycles. The number of hydrogen-bond donors (Lipinski definition) is 2. The van der Waals surface area contributed by atoms with E-state index in [0.29, 0.717) is 22.7 Å². The molecule has 0 aliphatic heterocycles. The van der Waals surface area contributed by atoms with Crippen molar-refractivity contribution in [1.29, 1.82) is 0 Å². The molecule has 130 valence electrons. The number of rotatable bonds is 4. The third-order valence-corrected chi connectivity index (χ3v) is 4.33. The molecule has 0 aliphatic carbocycles. The van der Waals surface area contributed by atoms with E-state index < -0.39 is 0 Å². The fraction of sp³-hybridized carbons (Fsp3) is 0.143. The summed E-state index contributed by atoms with van der Waals surface area (Å²) in [4.78, 5) is 9.00. The lowest BCUT2D eigenvalue weighted by molar-refractivity contribution is 0.458. The van der Waals surface area contributed by atoms with Crippen LogP contribution in [0.1, 0.15) is 28.8 Å². The van der Waals surface area contributed by atoms with E-state index in [9.17, 15) is 5.11 Å². The number of aryl methyl sites for hydroxylation is 2. The van der Waals surface area contributed by atoms with Gasteiger partial charge < -0.3 is 14.8 Å². The number of phenolic OH excluding ortho intramolecular Hbond substituents is 1. The first-order valence-corrected chi connectivity index (χ1v) is 8.44. The molecule has 1 aromatic carbocycles. The molecule has 1 unspecified atom stereocenters. The SMILES string of the molecule is Cc1cccc(NC(c2ccco2)c2ccc3ccc(C)nc3c2O)n1. The molecule has 5 heteroatoms. The fourth-order valence-electron chi connectivity index (χ4n) is 3.05. The standard InChI is InChI=1S/C21H19N3O2/c1-13-5-3-7-18(22-13)24-20(17-6-4-12-26-17)16-11-10-15-9-8-14(2)23-19(15)21(16)25/h3-12,20,25H,1-2H3,(H,22,24). The Kier molecular flexibility index (Phi) is 4.05. The van der Waals surface area contributed by atoms with Crippen LogP contribution in [0.15, 0.2) is 65.3 Å². The number of fused-ring (bicyclic) bond motifs is 1. The van der Waals surface area contributed by atoms with E-state index in [1.54, 1.807) is 6.26 Å². The van der Waals surface area contributed by atoms with Crippen molar-refractivity contribution >= 4 is 16.7 Å². The molecule has 0 saturated carbocycles. The van der Waals surface area contributed by atoms with Crippen molar-refractivity contribution < 1.29 is 9.52 Å². The van der Waals surface area contributed by atoms with Gasteiger partial charge in [-0.1, -0.05) is 24.3 Å². The van der Waals surface area contributed by atoms with E-state index in [0.717, 1.165) is 16.8 Å². The number of furan rings is 1. The highest BCUT2D eigenvalue weighted by molar-refractivity contribution is 5.86. The Morgan fingerprint density at radius 3 is 2.50 bits per heavy atom. The Hall–Kier alpha value is -3.34. The van der Waals surface area contributed by atoms with Crippen LogP contribution < -0.4 is 5.32 Å². The van der Waals surface area contributed by atoms with E-state index >= 15 is 0 Å². The molecule has 0 aliphatic rings. The zero-order valence-electron chi connectivity index (χ0n) is 14.6. The van der Waals surface area contributed by atoms with Crippen LogP contribution in [0.5, 0.6) is 5.75 Å². The number of hydrogen-bond acceptors (Lipinski definition) is 5. The molecule has 0 saturated heterocycles. The second-order valence-electron chi connectivity index (χ2n) is 6.28. The van der Waals surface area contributed by atoms with Crippen LogP contribution in [0.3, 0.4) is 0 Å². The minimum Gasteiger partial charge on any atom is -0.505 e. The van der Waals surface area contributed by atoms with Crippen LogP contribution in [-0.4, -0.2) is 15.1 Å². The van der Waals surface area contributed by atoms with Crippen molar-refractivity contribution in [3.05, 3.63) is 83.6 Å². The van der Waals surface area contributed by atoms with Gasteiger partial charge in [0.25, 0.3) is 0 Å². The molecular weight excluding hydrogens is 326 g/mol. The molecular formula is C21H19N3O2. The van der Waals surface area contributed by atoms with Gasteiger partial charge in [-0.25, -0.2) is 9.97 Å². The zero-order valence-corrected chi connectivity index (χ0v) is 14.6. The maximum Gasteiger partial charge on any atom is 0.147 e. The highest BCUT2D eigenvalue weighted by Gasteiger charge is 2.22. The lowest BCUT2D eigenvalue weighted by Crippen LogP contribution is -2.13. The van der Waals surface area contributed by atoms with Gasteiger partial charge in [0.05, 0.1) is 6.26 Å². The first-order valence-electron chi connectivity index (χ1n) is 8.44. The largest absolute Gasteiger partial charge is 0.505 e. The van der Waals surface area contributed by atoms with E-state index in [1.165, 1.54) is 0 Å². The molecule has 0 radical (unpaired) electrons. The van der Waals surface area contributed by atoms with Crippen LogP contribution in [0.4, 0.5) is 5.82 Å². The maximum absolute atomic E-state index is 10.9. The van der Waals surface area contributed by atoms with Gasteiger partial charge >= 0.3 is 0 Å².